The molecule has 0 saturated heterocycles. The van der Waals surface area contributed by atoms with Gasteiger partial charge in [-0.3, -0.25) is 4.55 Å². The van der Waals surface area contributed by atoms with E-state index < -0.39 is 16.2 Å². The lowest BCUT2D eigenvalue weighted by Gasteiger charge is -2.14. The van der Waals surface area contributed by atoms with E-state index in [9.17, 15) is 13.5 Å². The van der Waals surface area contributed by atoms with Crippen molar-refractivity contribution in [2.45, 2.75) is 30.8 Å². The summed E-state index contributed by atoms with van der Waals surface area (Å²) in [6, 6.07) is 13.4. The Bertz CT molecular complexity index is 830. The average molecular weight is 410 g/mol. The molecule has 154 valence electrons. The molecule has 2 aromatic carbocycles. The molecule has 1 saturated carbocycles. The summed E-state index contributed by atoms with van der Waals surface area (Å²) < 4.78 is 40.6. The summed E-state index contributed by atoms with van der Waals surface area (Å²) >= 11 is 0. The minimum Gasteiger partial charge on any atom is -0.489 e. The van der Waals surface area contributed by atoms with Gasteiger partial charge in [0.1, 0.15) is 12.7 Å². The highest BCUT2D eigenvalue weighted by Crippen LogP contribution is 2.32. The monoisotopic (exact) mass is 410 g/mol. The van der Waals surface area contributed by atoms with Crippen LogP contribution in [0.25, 0.3) is 0 Å². The van der Waals surface area contributed by atoms with E-state index in [1.165, 1.54) is 25.0 Å². The van der Waals surface area contributed by atoms with Gasteiger partial charge < -0.3 is 19.7 Å². The third-order valence-electron chi connectivity index (χ3n) is 3.98. The van der Waals surface area contributed by atoms with Crippen LogP contribution in [0.15, 0.2) is 53.4 Å². The first-order valence-corrected chi connectivity index (χ1v) is 10.4. The first-order chi connectivity index (χ1) is 13.3. The van der Waals surface area contributed by atoms with Crippen molar-refractivity contribution in [1.29, 1.82) is 0 Å². The number of ether oxygens (including phenoxy) is 2. The fourth-order valence-corrected chi connectivity index (χ4v) is 2.61. The standard InChI is InChI=1S/C13H18O4.C7H8O3S/c14-7-11(15)9-17-13-4-2-1-3-12(13)16-8-10-5-6-10;1-6-2-4-7(5-3-6)11(8,9)10/h1-4,10-11,14-15H,5-9H2;2-5H,1H3,(H,8,9,10). The molecule has 0 radical (unpaired) electrons. The van der Waals surface area contributed by atoms with Crippen molar-refractivity contribution < 1.29 is 32.7 Å². The number of aryl methyl sites for hydroxylation is 1. The van der Waals surface area contributed by atoms with Crippen LogP contribution in [-0.2, 0) is 10.1 Å². The Morgan fingerprint density at radius 1 is 1.04 bits per heavy atom. The van der Waals surface area contributed by atoms with Crippen LogP contribution in [0.3, 0.4) is 0 Å². The van der Waals surface area contributed by atoms with Gasteiger partial charge in [0.2, 0.25) is 0 Å². The number of hydrogen-bond acceptors (Lipinski definition) is 6. The Kier molecular flexibility index (Phi) is 8.25. The van der Waals surface area contributed by atoms with E-state index in [2.05, 4.69) is 0 Å². The van der Waals surface area contributed by atoms with Gasteiger partial charge in [0, 0.05) is 0 Å². The zero-order valence-electron chi connectivity index (χ0n) is 15.7. The molecule has 1 aliphatic carbocycles. The van der Waals surface area contributed by atoms with Crippen LogP contribution in [0, 0.1) is 12.8 Å². The summed E-state index contributed by atoms with van der Waals surface area (Å²) in [7, 11) is -4.02. The van der Waals surface area contributed by atoms with Crippen LogP contribution in [0.4, 0.5) is 0 Å². The molecule has 2 aromatic rings. The molecule has 0 aromatic heterocycles. The SMILES string of the molecule is Cc1ccc(S(=O)(=O)O)cc1.OCC(O)COc1ccccc1OCC1CC1. The van der Waals surface area contributed by atoms with Crippen molar-refractivity contribution in [1.82, 2.24) is 0 Å². The van der Waals surface area contributed by atoms with Crippen molar-refractivity contribution >= 4 is 10.1 Å². The molecular formula is C20H26O7S. The highest BCUT2D eigenvalue weighted by atomic mass is 32.2. The summed E-state index contributed by atoms with van der Waals surface area (Å²) in [5, 5.41) is 17.9. The fraction of sp³-hybridized carbons (Fsp3) is 0.400. The van der Waals surface area contributed by atoms with E-state index in [0.29, 0.717) is 17.4 Å². The predicted octanol–water partition coefficient (Wildman–Crippen LogP) is 2.45. The van der Waals surface area contributed by atoms with Crippen molar-refractivity contribution in [2.24, 2.45) is 5.92 Å². The van der Waals surface area contributed by atoms with Gasteiger partial charge in [0.25, 0.3) is 10.1 Å². The van der Waals surface area contributed by atoms with Gasteiger partial charge in [-0.2, -0.15) is 8.42 Å². The maximum absolute atomic E-state index is 10.5. The Balaban J connectivity index is 0.000000221. The number of rotatable bonds is 8. The van der Waals surface area contributed by atoms with Crippen LogP contribution in [0.1, 0.15) is 18.4 Å². The molecule has 0 bridgehead atoms. The smallest absolute Gasteiger partial charge is 0.294 e. The minimum absolute atomic E-state index is 0.0666. The van der Waals surface area contributed by atoms with Gasteiger partial charge in [-0.15, -0.1) is 0 Å². The number of benzene rings is 2. The van der Waals surface area contributed by atoms with E-state index in [-0.39, 0.29) is 18.1 Å². The van der Waals surface area contributed by atoms with Crippen LogP contribution < -0.4 is 9.47 Å². The van der Waals surface area contributed by atoms with Crippen LogP contribution in [0.2, 0.25) is 0 Å². The van der Waals surface area contributed by atoms with Gasteiger partial charge in [-0.05, 0) is 49.9 Å². The third kappa shape index (κ3) is 7.85. The summed E-state index contributed by atoms with van der Waals surface area (Å²) in [5.74, 6) is 2.00. The van der Waals surface area contributed by atoms with E-state index in [1.54, 1.807) is 18.2 Å². The average Bonchev–Trinajstić information content (AvgIpc) is 3.49. The second kappa shape index (κ2) is 10.4. The molecule has 7 nitrogen and oxygen atoms in total. The molecular weight excluding hydrogens is 384 g/mol. The molecule has 0 aliphatic heterocycles. The minimum atomic E-state index is -4.02. The van der Waals surface area contributed by atoms with Gasteiger partial charge in [0.05, 0.1) is 18.1 Å². The number of aliphatic hydroxyl groups is 2. The molecule has 1 atom stereocenters. The molecule has 1 fully saturated rings. The van der Waals surface area contributed by atoms with E-state index in [1.807, 2.05) is 25.1 Å². The van der Waals surface area contributed by atoms with Gasteiger partial charge in [-0.25, -0.2) is 0 Å². The lowest BCUT2D eigenvalue weighted by molar-refractivity contribution is 0.0524. The maximum atomic E-state index is 10.5. The number of aliphatic hydroxyl groups excluding tert-OH is 2. The predicted molar refractivity (Wildman–Crippen MR) is 104 cm³/mol. The number of hydrogen-bond donors (Lipinski definition) is 3. The quantitative estimate of drug-likeness (QED) is 0.573. The summed E-state index contributed by atoms with van der Waals surface area (Å²) in [4.78, 5) is -0.0666. The van der Waals surface area contributed by atoms with Gasteiger partial charge >= 0.3 is 0 Å². The van der Waals surface area contributed by atoms with Gasteiger partial charge in [0.15, 0.2) is 11.5 Å². The first-order valence-electron chi connectivity index (χ1n) is 8.97. The first kappa shape index (κ1) is 22.2. The van der Waals surface area contributed by atoms with E-state index >= 15 is 0 Å². The Morgan fingerprint density at radius 2 is 1.61 bits per heavy atom. The van der Waals surface area contributed by atoms with E-state index in [4.69, 9.17) is 19.1 Å². The normalized spacial score (nSPS) is 14.6. The molecule has 8 heteroatoms. The Morgan fingerprint density at radius 3 is 2.11 bits per heavy atom. The van der Waals surface area contributed by atoms with Crippen LogP contribution >= 0.6 is 0 Å². The second-order valence-electron chi connectivity index (χ2n) is 6.64. The molecule has 0 spiro atoms. The zero-order chi connectivity index (χ0) is 20.6. The van der Waals surface area contributed by atoms with Crippen molar-refractivity contribution in [3.8, 4) is 11.5 Å². The Labute approximate surface area is 165 Å². The summed E-state index contributed by atoms with van der Waals surface area (Å²) in [5.41, 5.74) is 0.956. The van der Waals surface area contributed by atoms with Crippen molar-refractivity contribution in [3.05, 3.63) is 54.1 Å². The topological polar surface area (TPSA) is 113 Å². The highest BCUT2D eigenvalue weighted by Gasteiger charge is 2.22. The molecule has 28 heavy (non-hydrogen) atoms. The molecule has 1 unspecified atom stereocenters. The second-order valence-corrected chi connectivity index (χ2v) is 8.06. The highest BCUT2D eigenvalue weighted by molar-refractivity contribution is 7.85. The maximum Gasteiger partial charge on any atom is 0.294 e. The molecule has 0 heterocycles. The zero-order valence-corrected chi connectivity index (χ0v) is 16.5. The molecule has 0 amide bonds. The lowest BCUT2D eigenvalue weighted by Crippen LogP contribution is -2.21. The van der Waals surface area contributed by atoms with Gasteiger partial charge in [-0.1, -0.05) is 29.8 Å². The van der Waals surface area contributed by atoms with Crippen molar-refractivity contribution in [2.75, 3.05) is 19.8 Å². The van der Waals surface area contributed by atoms with Crippen LogP contribution in [0.5, 0.6) is 11.5 Å². The van der Waals surface area contributed by atoms with Crippen molar-refractivity contribution in [3.63, 3.8) is 0 Å². The molecule has 1 aliphatic rings. The lowest BCUT2D eigenvalue weighted by atomic mass is 10.2. The third-order valence-corrected chi connectivity index (χ3v) is 4.85. The largest absolute Gasteiger partial charge is 0.489 e. The molecule has 3 rings (SSSR count). The molecule has 3 N–H and O–H groups in total. The summed E-state index contributed by atoms with van der Waals surface area (Å²) in [6.45, 7) is 2.34. The number of para-hydroxylation sites is 2. The summed E-state index contributed by atoms with van der Waals surface area (Å²) in [6.07, 6.45) is 1.63. The van der Waals surface area contributed by atoms with E-state index in [0.717, 1.165) is 12.2 Å². The Hall–Kier alpha value is -2.13. The van der Waals surface area contributed by atoms with Crippen LogP contribution in [-0.4, -0.2) is 49.1 Å². The fourth-order valence-electron chi connectivity index (χ4n) is 2.13.